The van der Waals surface area contributed by atoms with Crippen LogP contribution in [0.3, 0.4) is 0 Å². The van der Waals surface area contributed by atoms with Crippen molar-refractivity contribution >= 4 is 51.3 Å². The summed E-state index contributed by atoms with van der Waals surface area (Å²) in [7, 11) is 0. The molecule has 0 radical (unpaired) electrons. The van der Waals surface area contributed by atoms with E-state index < -0.39 is 0 Å². The second kappa shape index (κ2) is 5.14. The summed E-state index contributed by atoms with van der Waals surface area (Å²) in [5.74, 6) is 0. The first kappa shape index (κ1) is 12.5. The van der Waals surface area contributed by atoms with Gasteiger partial charge in [-0.05, 0) is 65.4 Å². The Morgan fingerprint density at radius 1 is 1.12 bits per heavy atom. The third-order valence-electron chi connectivity index (χ3n) is 2.41. The average Bonchev–Trinajstić information content (AvgIpc) is 2.28. The summed E-state index contributed by atoms with van der Waals surface area (Å²) in [5.41, 5.74) is 9.54. The molecule has 0 aromatic heterocycles. The van der Waals surface area contributed by atoms with E-state index in [2.05, 4.69) is 27.9 Å². The van der Waals surface area contributed by atoms with E-state index in [1.165, 1.54) is 0 Å². The van der Waals surface area contributed by atoms with Crippen LogP contribution in [-0.4, -0.2) is 0 Å². The number of nitrogens with one attached hydrogen (secondary N) is 1. The highest BCUT2D eigenvalue weighted by molar-refractivity contribution is 14.1. The van der Waals surface area contributed by atoms with Gasteiger partial charge >= 0.3 is 0 Å². The number of benzene rings is 2. The third kappa shape index (κ3) is 3.04. The van der Waals surface area contributed by atoms with Crippen LogP contribution in [0.5, 0.6) is 0 Å². The molecule has 0 unspecified atom stereocenters. The summed E-state index contributed by atoms with van der Waals surface area (Å²) >= 11 is 8.38. The van der Waals surface area contributed by atoms with E-state index in [1.54, 1.807) is 0 Å². The molecule has 0 saturated heterocycles. The van der Waals surface area contributed by atoms with Crippen molar-refractivity contribution in [2.45, 2.75) is 6.92 Å². The van der Waals surface area contributed by atoms with E-state index in [9.17, 15) is 0 Å². The number of halogens is 2. The molecule has 4 heteroatoms. The number of hydrogen-bond acceptors (Lipinski definition) is 2. The second-order valence-corrected chi connectivity index (χ2v) is 5.49. The van der Waals surface area contributed by atoms with Crippen molar-refractivity contribution in [1.82, 2.24) is 0 Å². The number of nitrogens with two attached hydrogens (primary N) is 1. The van der Waals surface area contributed by atoms with E-state index in [1.807, 2.05) is 43.3 Å². The molecule has 0 amide bonds. The third-order valence-corrected chi connectivity index (χ3v) is 3.41. The SMILES string of the molecule is Cc1ccc(N)c(Nc2cc(I)ccc2Cl)c1. The van der Waals surface area contributed by atoms with Gasteiger partial charge in [0.1, 0.15) is 0 Å². The molecule has 2 nitrogen and oxygen atoms in total. The zero-order chi connectivity index (χ0) is 12.4. The standard InChI is InChI=1S/C13H12ClIN2/c1-8-2-5-11(16)13(6-8)17-12-7-9(15)3-4-10(12)14/h2-7,17H,16H2,1H3. The average molecular weight is 359 g/mol. The fourth-order valence-corrected chi connectivity index (χ4v) is 2.17. The first-order valence-corrected chi connectivity index (χ1v) is 6.60. The van der Waals surface area contributed by atoms with Gasteiger partial charge < -0.3 is 11.1 Å². The molecule has 0 saturated carbocycles. The van der Waals surface area contributed by atoms with Gasteiger partial charge in [0, 0.05) is 3.57 Å². The summed E-state index contributed by atoms with van der Waals surface area (Å²) < 4.78 is 1.13. The number of aryl methyl sites for hydroxylation is 1. The van der Waals surface area contributed by atoms with Crippen molar-refractivity contribution in [3.63, 3.8) is 0 Å². The fourth-order valence-electron chi connectivity index (χ4n) is 1.52. The predicted molar refractivity (Wildman–Crippen MR) is 83.0 cm³/mol. The zero-order valence-electron chi connectivity index (χ0n) is 9.30. The van der Waals surface area contributed by atoms with Gasteiger partial charge in [-0.1, -0.05) is 17.7 Å². The molecule has 88 valence electrons. The topological polar surface area (TPSA) is 38.0 Å². The highest BCUT2D eigenvalue weighted by atomic mass is 127. The van der Waals surface area contributed by atoms with Crippen molar-refractivity contribution in [2.24, 2.45) is 0 Å². The Morgan fingerprint density at radius 2 is 1.88 bits per heavy atom. The lowest BCUT2D eigenvalue weighted by Crippen LogP contribution is -1.97. The molecule has 0 atom stereocenters. The molecule has 2 aromatic carbocycles. The van der Waals surface area contributed by atoms with E-state index in [0.717, 1.165) is 20.5 Å². The normalized spacial score (nSPS) is 10.3. The maximum atomic E-state index is 6.13. The Balaban J connectivity index is 2.37. The summed E-state index contributed by atoms with van der Waals surface area (Å²) in [4.78, 5) is 0. The van der Waals surface area contributed by atoms with Crippen molar-refractivity contribution in [3.05, 3.63) is 50.6 Å². The van der Waals surface area contributed by atoms with Crippen LogP contribution in [0.4, 0.5) is 17.1 Å². The quantitative estimate of drug-likeness (QED) is 0.609. The molecule has 2 rings (SSSR count). The van der Waals surface area contributed by atoms with Crippen molar-refractivity contribution in [3.8, 4) is 0 Å². The highest BCUT2D eigenvalue weighted by Crippen LogP contribution is 2.30. The monoisotopic (exact) mass is 358 g/mol. The van der Waals surface area contributed by atoms with Gasteiger partial charge in [-0.15, -0.1) is 0 Å². The molecule has 0 bridgehead atoms. The molecular formula is C13H12ClIN2. The van der Waals surface area contributed by atoms with Crippen molar-refractivity contribution < 1.29 is 0 Å². The Hall–Kier alpha value is -0.940. The summed E-state index contributed by atoms with van der Waals surface area (Å²) in [6.07, 6.45) is 0. The van der Waals surface area contributed by atoms with Crippen LogP contribution in [0.2, 0.25) is 5.02 Å². The Bertz CT molecular complexity index is 506. The lowest BCUT2D eigenvalue weighted by Gasteiger charge is -2.12. The Kier molecular flexibility index (Phi) is 3.79. The molecule has 3 N–H and O–H groups in total. The van der Waals surface area contributed by atoms with Gasteiger partial charge in [0.25, 0.3) is 0 Å². The van der Waals surface area contributed by atoms with Gasteiger partial charge in [-0.25, -0.2) is 0 Å². The number of nitrogen functional groups attached to an aromatic ring is 1. The Labute approximate surface area is 119 Å². The van der Waals surface area contributed by atoms with Gasteiger partial charge in [-0.3, -0.25) is 0 Å². The maximum absolute atomic E-state index is 6.13. The molecule has 0 fully saturated rings. The first-order valence-electron chi connectivity index (χ1n) is 5.14. The molecule has 17 heavy (non-hydrogen) atoms. The lowest BCUT2D eigenvalue weighted by molar-refractivity contribution is 1.45. The molecule has 0 spiro atoms. The zero-order valence-corrected chi connectivity index (χ0v) is 12.2. The lowest BCUT2D eigenvalue weighted by atomic mass is 10.2. The summed E-state index contributed by atoms with van der Waals surface area (Å²) in [5, 5.41) is 3.95. The van der Waals surface area contributed by atoms with Crippen LogP contribution in [0.1, 0.15) is 5.56 Å². The number of anilines is 3. The second-order valence-electron chi connectivity index (χ2n) is 3.84. The van der Waals surface area contributed by atoms with Crippen LogP contribution in [0.25, 0.3) is 0 Å². The highest BCUT2D eigenvalue weighted by Gasteiger charge is 2.04. The minimum absolute atomic E-state index is 0.686. The van der Waals surface area contributed by atoms with Crippen LogP contribution < -0.4 is 11.1 Å². The number of hydrogen-bond donors (Lipinski definition) is 2. The van der Waals surface area contributed by atoms with Crippen LogP contribution in [0, 0.1) is 10.5 Å². The van der Waals surface area contributed by atoms with Crippen molar-refractivity contribution in [1.29, 1.82) is 0 Å². The van der Waals surface area contributed by atoms with Crippen LogP contribution in [-0.2, 0) is 0 Å². The fraction of sp³-hybridized carbons (Fsp3) is 0.0769. The van der Waals surface area contributed by atoms with E-state index in [4.69, 9.17) is 17.3 Å². The smallest absolute Gasteiger partial charge is 0.0641 e. The summed E-state index contributed by atoms with van der Waals surface area (Å²) in [6.45, 7) is 2.03. The largest absolute Gasteiger partial charge is 0.397 e. The first-order chi connectivity index (χ1) is 8.06. The van der Waals surface area contributed by atoms with E-state index in [0.29, 0.717) is 10.7 Å². The van der Waals surface area contributed by atoms with Gasteiger partial charge in [-0.2, -0.15) is 0 Å². The van der Waals surface area contributed by atoms with Gasteiger partial charge in [0.05, 0.1) is 22.1 Å². The van der Waals surface area contributed by atoms with Gasteiger partial charge in [0.2, 0.25) is 0 Å². The predicted octanol–water partition coefficient (Wildman–Crippen LogP) is 4.58. The minimum atomic E-state index is 0.686. The molecule has 0 aliphatic rings. The summed E-state index contributed by atoms with van der Waals surface area (Å²) in [6, 6.07) is 11.7. The molecule has 0 aliphatic heterocycles. The molecule has 0 aliphatic carbocycles. The van der Waals surface area contributed by atoms with Gasteiger partial charge in [0.15, 0.2) is 0 Å². The molecule has 2 aromatic rings. The van der Waals surface area contributed by atoms with E-state index in [-0.39, 0.29) is 0 Å². The van der Waals surface area contributed by atoms with Crippen molar-refractivity contribution in [2.75, 3.05) is 11.1 Å². The number of rotatable bonds is 2. The molecular weight excluding hydrogens is 347 g/mol. The minimum Gasteiger partial charge on any atom is -0.397 e. The van der Waals surface area contributed by atoms with Crippen LogP contribution in [0.15, 0.2) is 36.4 Å². The van der Waals surface area contributed by atoms with Crippen LogP contribution >= 0.6 is 34.2 Å². The molecule has 0 heterocycles. The maximum Gasteiger partial charge on any atom is 0.0641 e. The van der Waals surface area contributed by atoms with E-state index >= 15 is 0 Å². The Morgan fingerprint density at radius 3 is 2.65 bits per heavy atom.